The van der Waals surface area contributed by atoms with Crippen molar-refractivity contribution < 1.29 is 15.0 Å². The molecule has 2 aromatic rings. The fourth-order valence-electron chi connectivity index (χ4n) is 2.70. The molecule has 0 bridgehead atoms. The van der Waals surface area contributed by atoms with E-state index in [1.807, 2.05) is 24.3 Å². The zero-order chi connectivity index (χ0) is 16.4. The van der Waals surface area contributed by atoms with Crippen molar-refractivity contribution in [2.24, 2.45) is 5.73 Å². The maximum absolute atomic E-state index is 11.3. The molecule has 7 heteroatoms. The molecule has 0 aliphatic carbocycles. The van der Waals surface area contributed by atoms with E-state index in [0.29, 0.717) is 5.56 Å². The summed E-state index contributed by atoms with van der Waals surface area (Å²) in [6, 6.07) is 7.57. The number of aromatic hydroxyl groups is 2. The van der Waals surface area contributed by atoms with Crippen LogP contribution in [-0.4, -0.2) is 44.1 Å². The minimum atomic E-state index is -0.924. The molecule has 3 rings (SSSR count). The van der Waals surface area contributed by atoms with E-state index < -0.39 is 23.2 Å². The minimum absolute atomic E-state index is 0.141. The van der Waals surface area contributed by atoms with Crippen molar-refractivity contribution in [3.8, 4) is 23.0 Å². The van der Waals surface area contributed by atoms with Crippen LogP contribution in [0.1, 0.15) is 28.9 Å². The van der Waals surface area contributed by atoms with Crippen LogP contribution in [0.4, 0.5) is 0 Å². The van der Waals surface area contributed by atoms with E-state index in [4.69, 9.17) is 5.73 Å². The Hall–Kier alpha value is -2.67. The Bertz CT molecular complexity index is 725. The number of likely N-dealkylation sites (tertiary alicyclic amines) is 1. The van der Waals surface area contributed by atoms with Gasteiger partial charge in [-0.3, -0.25) is 9.69 Å². The Balaban J connectivity index is 1.85. The zero-order valence-electron chi connectivity index (χ0n) is 12.6. The highest BCUT2D eigenvalue weighted by Crippen LogP contribution is 2.28. The molecule has 1 aliphatic rings. The highest BCUT2D eigenvalue weighted by atomic mass is 16.3. The molecule has 7 nitrogen and oxygen atoms in total. The van der Waals surface area contributed by atoms with Gasteiger partial charge in [0.05, 0.1) is 0 Å². The highest BCUT2D eigenvalue weighted by molar-refractivity contribution is 5.94. The minimum Gasteiger partial charge on any atom is -0.501 e. The van der Waals surface area contributed by atoms with Crippen molar-refractivity contribution in [3.63, 3.8) is 0 Å². The molecule has 1 aromatic heterocycles. The van der Waals surface area contributed by atoms with Gasteiger partial charge in [0.2, 0.25) is 5.75 Å². The highest BCUT2D eigenvalue weighted by Gasteiger charge is 2.18. The monoisotopic (exact) mass is 314 g/mol. The fourth-order valence-corrected chi connectivity index (χ4v) is 2.70. The van der Waals surface area contributed by atoms with Gasteiger partial charge in [-0.2, -0.15) is 4.98 Å². The second-order valence-electron chi connectivity index (χ2n) is 5.61. The van der Waals surface area contributed by atoms with Gasteiger partial charge in [0.25, 0.3) is 11.8 Å². The maximum atomic E-state index is 11.3. The standard InChI is InChI=1S/C16H18N4O3/c17-14(22)12-13(21)16(23)19-15(18-12)11-5-3-10(4-6-11)9-20-7-1-2-8-20/h3-6,21H,1-2,7-9H2,(H2,17,22)(H,18,19,23). The number of nitrogens with zero attached hydrogens (tertiary/aromatic N) is 3. The molecule has 2 heterocycles. The molecule has 0 radical (unpaired) electrons. The van der Waals surface area contributed by atoms with Gasteiger partial charge < -0.3 is 15.9 Å². The lowest BCUT2D eigenvalue weighted by molar-refractivity contribution is 0.0991. The first kappa shape index (κ1) is 15.2. The number of rotatable bonds is 4. The van der Waals surface area contributed by atoms with Crippen molar-refractivity contribution in [1.29, 1.82) is 0 Å². The molecule has 120 valence electrons. The summed E-state index contributed by atoms with van der Waals surface area (Å²) in [4.78, 5) is 21.4. The van der Waals surface area contributed by atoms with Crippen LogP contribution in [0.15, 0.2) is 24.3 Å². The predicted molar refractivity (Wildman–Crippen MR) is 83.8 cm³/mol. The summed E-state index contributed by atoms with van der Waals surface area (Å²) < 4.78 is 0. The van der Waals surface area contributed by atoms with E-state index in [-0.39, 0.29) is 5.82 Å². The van der Waals surface area contributed by atoms with E-state index in [9.17, 15) is 15.0 Å². The lowest BCUT2D eigenvalue weighted by Crippen LogP contribution is -2.18. The molecule has 4 N–H and O–H groups in total. The first-order valence-corrected chi connectivity index (χ1v) is 7.46. The summed E-state index contributed by atoms with van der Waals surface area (Å²) in [5.41, 5.74) is 6.55. The first-order chi connectivity index (χ1) is 11.0. The molecule has 0 saturated carbocycles. The SMILES string of the molecule is NC(=O)c1nc(-c2ccc(CN3CCCC3)cc2)nc(O)c1O. The Morgan fingerprint density at radius 3 is 2.39 bits per heavy atom. The summed E-state index contributed by atoms with van der Waals surface area (Å²) in [5.74, 6) is -2.15. The van der Waals surface area contributed by atoms with E-state index in [1.165, 1.54) is 18.4 Å². The molecule has 0 atom stereocenters. The number of amides is 1. The van der Waals surface area contributed by atoms with Crippen LogP contribution in [0.25, 0.3) is 11.4 Å². The van der Waals surface area contributed by atoms with E-state index >= 15 is 0 Å². The average Bonchev–Trinajstić information content (AvgIpc) is 3.03. The van der Waals surface area contributed by atoms with Crippen molar-refractivity contribution in [2.45, 2.75) is 19.4 Å². The summed E-state index contributed by atoms with van der Waals surface area (Å²) in [6.45, 7) is 3.14. The van der Waals surface area contributed by atoms with Crippen LogP contribution < -0.4 is 5.73 Å². The second-order valence-corrected chi connectivity index (χ2v) is 5.61. The van der Waals surface area contributed by atoms with Crippen molar-refractivity contribution in [2.75, 3.05) is 13.1 Å². The normalized spacial score (nSPS) is 15.0. The number of aromatic nitrogens is 2. The van der Waals surface area contributed by atoms with E-state index in [0.717, 1.165) is 19.6 Å². The number of hydrogen-bond acceptors (Lipinski definition) is 6. The summed E-state index contributed by atoms with van der Waals surface area (Å²) >= 11 is 0. The van der Waals surface area contributed by atoms with Crippen molar-refractivity contribution in [1.82, 2.24) is 14.9 Å². The average molecular weight is 314 g/mol. The van der Waals surface area contributed by atoms with Gasteiger partial charge in [-0.05, 0) is 31.5 Å². The Morgan fingerprint density at radius 1 is 1.13 bits per heavy atom. The van der Waals surface area contributed by atoms with E-state index in [1.54, 1.807) is 0 Å². The van der Waals surface area contributed by atoms with Crippen molar-refractivity contribution in [3.05, 3.63) is 35.5 Å². The van der Waals surface area contributed by atoms with Crippen LogP contribution in [0.3, 0.4) is 0 Å². The fraction of sp³-hybridized carbons (Fsp3) is 0.312. The van der Waals surface area contributed by atoms with Crippen LogP contribution in [0, 0.1) is 0 Å². The topological polar surface area (TPSA) is 113 Å². The Kier molecular flexibility index (Phi) is 4.12. The molecule has 1 aromatic carbocycles. The molecule has 0 spiro atoms. The van der Waals surface area contributed by atoms with Gasteiger partial charge >= 0.3 is 0 Å². The van der Waals surface area contributed by atoms with Crippen LogP contribution in [0.2, 0.25) is 0 Å². The lowest BCUT2D eigenvalue weighted by atomic mass is 10.1. The molecule has 0 unspecified atom stereocenters. The molecule has 1 aliphatic heterocycles. The number of hydrogen-bond donors (Lipinski definition) is 3. The van der Waals surface area contributed by atoms with Crippen molar-refractivity contribution >= 4 is 5.91 Å². The van der Waals surface area contributed by atoms with Crippen LogP contribution in [0.5, 0.6) is 11.6 Å². The van der Waals surface area contributed by atoms with Gasteiger partial charge in [-0.25, -0.2) is 4.98 Å². The summed E-state index contributed by atoms with van der Waals surface area (Å²) in [5, 5.41) is 19.2. The predicted octanol–water partition coefficient (Wildman–Crippen LogP) is 1.25. The molecule has 23 heavy (non-hydrogen) atoms. The first-order valence-electron chi connectivity index (χ1n) is 7.46. The Morgan fingerprint density at radius 2 is 1.78 bits per heavy atom. The molecular formula is C16H18N4O3. The third kappa shape index (κ3) is 3.24. The molecular weight excluding hydrogens is 296 g/mol. The number of primary amides is 1. The zero-order valence-corrected chi connectivity index (χ0v) is 12.6. The van der Waals surface area contributed by atoms with Gasteiger partial charge in [-0.15, -0.1) is 0 Å². The van der Waals surface area contributed by atoms with Gasteiger partial charge in [0.15, 0.2) is 11.5 Å². The number of carbonyl (C=O) groups excluding carboxylic acids is 1. The van der Waals surface area contributed by atoms with E-state index in [2.05, 4.69) is 14.9 Å². The summed E-state index contributed by atoms with van der Waals surface area (Å²) in [6.07, 6.45) is 2.49. The van der Waals surface area contributed by atoms with Crippen LogP contribution in [-0.2, 0) is 6.54 Å². The molecule has 1 saturated heterocycles. The Labute approximate surface area is 133 Å². The third-order valence-corrected chi connectivity index (χ3v) is 3.92. The molecule has 1 amide bonds. The lowest BCUT2D eigenvalue weighted by Gasteiger charge is -2.14. The second kappa shape index (κ2) is 6.21. The molecule has 1 fully saturated rings. The number of carbonyl (C=O) groups is 1. The smallest absolute Gasteiger partial charge is 0.271 e. The third-order valence-electron chi connectivity index (χ3n) is 3.92. The number of benzene rings is 1. The van der Waals surface area contributed by atoms with Gasteiger partial charge in [0.1, 0.15) is 0 Å². The van der Waals surface area contributed by atoms with Gasteiger partial charge in [-0.1, -0.05) is 24.3 Å². The largest absolute Gasteiger partial charge is 0.501 e. The quantitative estimate of drug-likeness (QED) is 0.783. The number of nitrogens with two attached hydrogens (primary N) is 1. The van der Waals surface area contributed by atoms with Crippen LogP contribution >= 0.6 is 0 Å². The maximum Gasteiger partial charge on any atom is 0.271 e. The van der Waals surface area contributed by atoms with Gasteiger partial charge in [0, 0.05) is 12.1 Å². The summed E-state index contributed by atoms with van der Waals surface area (Å²) in [7, 11) is 0.